The molecule has 2 aliphatic heterocycles. The highest BCUT2D eigenvalue weighted by atomic mass is 16.4. The number of nitrogens with two attached hydrogens (primary N) is 1. The van der Waals surface area contributed by atoms with Gasteiger partial charge in [-0.15, -0.1) is 0 Å². The number of nitrogens with zero attached hydrogens (tertiary/aromatic N) is 2. The quantitative estimate of drug-likeness (QED) is 0.277. The van der Waals surface area contributed by atoms with Crippen LogP contribution in [-0.2, 0) is 0 Å². The summed E-state index contributed by atoms with van der Waals surface area (Å²) in [5.41, 5.74) is 5.46. The molecule has 2 heterocycles. The summed E-state index contributed by atoms with van der Waals surface area (Å²) in [7, 11) is 0. The number of guanidine groups is 1. The average Bonchev–Trinajstić information content (AvgIpc) is 2.54. The molecule has 0 spiro atoms. The Labute approximate surface area is 80.1 Å². The van der Waals surface area contributed by atoms with Gasteiger partial charge in [-0.3, -0.25) is 4.99 Å². The molecule has 0 radical (unpaired) electrons. The molecule has 5 atom stereocenters. The van der Waals surface area contributed by atoms with E-state index >= 15 is 0 Å². The van der Waals surface area contributed by atoms with Crippen molar-refractivity contribution >= 4 is 5.96 Å². The molecule has 0 bridgehead atoms. The Morgan fingerprint density at radius 1 is 1.14 bits per heavy atom. The number of aliphatic hydroxyl groups is 4. The number of hydrogen-bond donors (Lipinski definition) is 5. The molecule has 1 saturated heterocycles. The van der Waals surface area contributed by atoms with E-state index in [2.05, 4.69) is 4.99 Å². The standard InChI is InChI=1S/C7H13N3O4/c8-7-9-1-2-3(11)4(12)5(13)6(14)10(2)7/h2-6,11-14H,1H2,(H2,8,9). The van der Waals surface area contributed by atoms with Crippen molar-refractivity contribution in [2.24, 2.45) is 10.7 Å². The summed E-state index contributed by atoms with van der Waals surface area (Å²) in [6.45, 7) is 0.216. The highest BCUT2D eigenvalue weighted by Gasteiger charge is 2.49. The summed E-state index contributed by atoms with van der Waals surface area (Å²) < 4.78 is 0. The van der Waals surface area contributed by atoms with E-state index in [0.717, 1.165) is 0 Å². The second kappa shape index (κ2) is 3.06. The molecule has 0 saturated carbocycles. The van der Waals surface area contributed by atoms with Crippen molar-refractivity contribution in [3.8, 4) is 0 Å². The Morgan fingerprint density at radius 3 is 2.43 bits per heavy atom. The number of hydrogen-bond acceptors (Lipinski definition) is 7. The fraction of sp³-hybridized carbons (Fsp3) is 0.857. The van der Waals surface area contributed by atoms with Crippen molar-refractivity contribution in [1.29, 1.82) is 0 Å². The second-order valence-electron chi connectivity index (χ2n) is 3.56. The largest absolute Gasteiger partial charge is 0.388 e. The van der Waals surface area contributed by atoms with Crippen LogP contribution in [0.2, 0.25) is 0 Å². The van der Waals surface area contributed by atoms with Gasteiger partial charge in [0, 0.05) is 0 Å². The maximum Gasteiger partial charge on any atom is 0.193 e. The van der Waals surface area contributed by atoms with Crippen LogP contribution >= 0.6 is 0 Å². The summed E-state index contributed by atoms with van der Waals surface area (Å²) in [6, 6.07) is -0.552. The third-order valence-corrected chi connectivity index (χ3v) is 2.75. The highest BCUT2D eigenvalue weighted by Crippen LogP contribution is 2.26. The minimum atomic E-state index is -1.44. The molecule has 2 aliphatic rings. The van der Waals surface area contributed by atoms with Gasteiger partial charge in [0.2, 0.25) is 0 Å². The molecule has 1 fully saturated rings. The smallest absolute Gasteiger partial charge is 0.193 e. The number of rotatable bonds is 0. The van der Waals surface area contributed by atoms with E-state index in [4.69, 9.17) is 5.73 Å². The molecule has 0 aromatic rings. The first-order valence-electron chi connectivity index (χ1n) is 4.34. The lowest BCUT2D eigenvalue weighted by Crippen LogP contribution is -2.67. The van der Waals surface area contributed by atoms with Crippen LogP contribution in [0.3, 0.4) is 0 Å². The third kappa shape index (κ3) is 1.10. The Morgan fingerprint density at radius 2 is 1.79 bits per heavy atom. The minimum absolute atomic E-state index is 0.0764. The number of aliphatic imine (C=N–C) groups is 1. The van der Waals surface area contributed by atoms with E-state index in [1.165, 1.54) is 4.90 Å². The van der Waals surface area contributed by atoms with E-state index in [1.54, 1.807) is 0 Å². The third-order valence-electron chi connectivity index (χ3n) is 2.75. The fourth-order valence-electron chi connectivity index (χ4n) is 1.90. The van der Waals surface area contributed by atoms with Gasteiger partial charge in [-0.05, 0) is 0 Å². The van der Waals surface area contributed by atoms with Gasteiger partial charge >= 0.3 is 0 Å². The Hall–Kier alpha value is -0.890. The summed E-state index contributed by atoms with van der Waals surface area (Å²) in [5.74, 6) is 0.0764. The molecule has 0 aromatic heterocycles. The summed E-state index contributed by atoms with van der Waals surface area (Å²) >= 11 is 0. The van der Waals surface area contributed by atoms with Crippen LogP contribution in [-0.4, -0.2) is 68.4 Å². The molecule has 80 valence electrons. The molecule has 6 N–H and O–H groups in total. The molecule has 7 heteroatoms. The zero-order chi connectivity index (χ0) is 10.5. The van der Waals surface area contributed by atoms with Crippen LogP contribution in [0.1, 0.15) is 0 Å². The summed E-state index contributed by atoms with van der Waals surface area (Å²) in [6.07, 6.45) is -5.27. The Balaban J connectivity index is 2.26. The van der Waals surface area contributed by atoms with Crippen LogP contribution in [0, 0.1) is 0 Å². The second-order valence-corrected chi connectivity index (χ2v) is 3.56. The van der Waals surface area contributed by atoms with E-state index < -0.39 is 30.6 Å². The normalized spacial score (nSPS) is 47.6. The van der Waals surface area contributed by atoms with E-state index in [9.17, 15) is 20.4 Å². The molecule has 0 aromatic carbocycles. The SMILES string of the molecule is NC1=NCC2C(O)C(O)C(O)C(O)N12. The van der Waals surface area contributed by atoms with Gasteiger partial charge in [0.05, 0.1) is 12.6 Å². The van der Waals surface area contributed by atoms with Gasteiger partial charge in [-0.1, -0.05) is 0 Å². The zero-order valence-electron chi connectivity index (χ0n) is 7.35. The van der Waals surface area contributed by atoms with Gasteiger partial charge in [-0.25, -0.2) is 0 Å². The van der Waals surface area contributed by atoms with Crippen molar-refractivity contribution in [2.45, 2.75) is 30.6 Å². The minimum Gasteiger partial charge on any atom is -0.388 e. The average molecular weight is 203 g/mol. The van der Waals surface area contributed by atoms with Crippen molar-refractivity contribution < 1.29 is 20.4 Å². The maximum absolute atomic E-state index is 9.56. The molecular formula is C7H13N3O4. The van der Waals surface area contributed by atoms with E-state index in [0.29, 0.717) is 0 Å². The van der Waals surface area contributed by atoms with Crippen LogP contribution in [0.25, 0.3) is 0 Å². The van der Waals surface area contributed by atoms with Gasteiger partial charge < -0.3 is 31.1 Å². The predicted molar refractivity (Wildman–Crippen MR) is 46.1 cm³/mol. The maximum atomic E-state index is 9.56. The topological polar surface area (TPSA) is 123 Å². The van der Waals surface area contributed by atoms with Gasteiger partial charge in [0.25, 0.3) is 0 Å². The van der Waals surface area contributed by atoms with Crippen molar-refractivity contribution in [2.75, 3.05) is 6.54 Å². The monoisotopic (exact) mass is 203 g/mol. The first kappa shape index (κ1) is 9.66. The van der Waals surface area contributed by atoms with E-state index in [-0.39, 0.29) is 12.5 Å². The molecular weight excluding hydrogens is 190 g/mol. The summed E-state index contributed by atoms with van der Waals surface area (Å²) in [4.78, 5) is 5.05. The lowest BCUT2D eigenvalue weighted by molar-refractivity contribution is -0.191. The lowest BCUT2D eigenvalue weighted by Gasteiger charge is -2.44. The number of piperidine rings is 1. The zero-order valence-corrected chi connectivity index (χ0v) is 7.35. The predicted octanol–water partition coefficient (Wildman–Crippen LogP) is -3.60. The summed E-state index contributed by atoms with van der Waals surface area (Å²) in [5, 5.41) is 37.9. The molecule has 0 amide bonds. The number of aliphatic hydroxyl groups excluding tert-OH is 4. The van der Waals surface area contributed by atoms with Gasteiger partial charge in [-0.2, -0.15) is 0 Å². The highest BCUT2D eigenvalue weighted by molar-refractivity contribution is 5.80. The molecule has 5 unspecified atom stereocenters. The molecule has 0 aliphatic carbocycles. The van der Waals surface area contributed by atoms with Crippen molar-refractivity contribution in [1.82, 2.24) is 4.90 Å². The van der Waals surface area contributed by atoms with Crippen molar-refractivity contribution in [3.63, 3.8) is 0 Å². The van der Waals surface area contributed by atoms with Gasteiger partial charge in [0.1, 0.15) is 18.3 Å². The fourth-order valence-corrected chi connectivity index (χ4v) is 1.90. The van der Waals surface area contributed by atoms with Crippen LogP contribution in [0.5, 0.6) is 0 Å². The lowest BCUT2D eigenvalue weighted by atomic mass is 9.93. The molecule has 7 nitrogen and oxygen atoms in total. The Kier molecular flexibility index (Phi) is 2.11. The first-order chi connectivity index (χ1) is 6.54. The van der Waals surface area contributed by atoms with Crippen LogP contribution in [0.15, 0.2) is 4.99 Å². The van der Waals surface area contributed by atoms with E-state index in [1.807, 2.05) is 0 Å². The first-order valence-corrected chi connectivity index (χ1v) is 4.34. The van der Waals surface area contributed by atoms with Crippen molar-refractivity contribution in [3.05, 3.63) is 0 Å². The molecule has 14 heavy (non-hydrogen) atoms. The molecule has 2 rings (SSSR count). The Bertz CT molecular complexity index is 272. The number of fused-ring (bicyclic) bond motifs is 1. The van der Waals surface area contributed by atoms with Gasteiger partial charge in [0.15, 0.2) is 12.2 Å². The van der Waals surface area contributed by atoms with Crippen LogP contribution < -0.4 is 5.73 Å². The van der Waals surface area contributed by atoms with Crippen LogP contribution in [0.4, 0.5) is 0 Å².